The Bertz CT molecular complexity index is 716. The van der Waals surface area contributed by atoms with Crippen LogP contribution in [0.2, 0.25) is 0 Å². The van der Waals surface area contributed by atoms with Crippen molar-refractivity contribution in [2.24, 2.45) is 0 Å². The molecule has 154 valence electrons. The van der Waals surface area contributed by atoms with E-state index in [9.17, 15) is 4.79 Å². The summed E-state index contributed by atoms with van der Waals surface area (Å²) in [6, 6.07) is 7.03. The summed E-state index contributed by atoms with van der Waals surface area (Å²) in [5, 5.41) is 2.97. The number of hydrogen-bond acceptors (Lipinski definition) is 6. The first kappa shape index (κ1) is 21.6. The number of likely N-dealkylation sites (N-methyl/N-ethyl adjacent to an activating group) is 1. The zero-order chi connectivity index (χ0) is 20.5. The first-order valence-corrected chi connectivity index (χ1v) is 9.56. The van der Waals surface area contributed by atoms with Crippen LogP contribution in [0, 0.1) is 0 Å². The van der Waals surface area contributed by atoms with Gasteiger partial charge in [-0.2, -0.15) is 0 Å². The van der Waals surface area contributed by atoms with E-state index in [-0.39, 0.29) is 11.9 Å². The van der Waals surface area contributed by atoms with Crippen molar-refractivity contribution >= 4 is 5.91 Å². The Labute approximate surface area is 166 Å². The Kier molecular flexibility index (Phi) is 8.19. The molecule has 1 heterocycles. The number of furan rings is 1. The molecule has 0 aliphatic heterocycles. The molecule has 28 heavy (non-hydrogen) atoms. The van der Waals surface area contributed by atoms with E-state index < -0.39 is 0 Å². The third kappa shape index (κ3) is 5.42. The smallest absolute Gasteiger partial charge is 0.251 e. The summed E-state index contributed by atoms with van der Waals surface area (Å²) in [6.45, 7) is 7.44. The number of rotatable bonds is 11. The summed E-state index contributed by atoms with van der Waals surface area (Å²) in [6.07, 6.45) is 1.63. The van der Waals surface area contributed by atoms with Crippen molar-refractivity contribution < 1.29 is 23.4 Å². The minimum absolute atomic E-state index is 0.0700. The Balaban J connectivity index is 2.23. The van der Waals surface area contributed by atoms with Crippen molar-refractivity contribution in [1.29, 1.82) is 0 Å². The fourth-order valence-corrected chi connectivity index (χ4v) is 2.83. The Morgan fingerprint density at radius 1 is 1.07 bits per heavy atom. The number of ether oxygens (including phenoxy) is 3. The molecule has 0 fully saturated rings. The average molecular weight is 390 g/mol. The molecule has 1 N–H and O–H groups in total. The van der Waals surface area contributed by atoms with Crippen LogP contribution in [0.4, 0.5) is 0 Å². The molecule has 1 amide bonds. The fourth-order valence-electron chi connectivity index (χ4n) is 2.83. The second-order valence-corrected chi connectivity index (χ2v) is 6.31. The molecule has 0 spiro atoms. The van der Waals surface area contributed by atoms with Crippen molar-refractivity contribution in [1.82, 2.24) is 10.2 Å². The van der Waals surface area contributed by atoms with Crippen molar-refractivity contribution in [3.63, 3.8) is 0 Å². The highest BCUT2D eigenvalue weighted by Crippen LogP contribution is 2.39. The lowest BCUT2D eigenvalue weighted by molar-refractivity contribution is 0.0938. The maximum Gasteiger partial charge on any atom is 0.251 e. The minimum Gasteiger partial charge on any atom is -0.490 e. The third-order valence-corrected chi connectivity index (χ3v) is 4.12. The quantitative estimate of drug-likeness (QED) is 0.633. The molecule has 7 heteroatoms. The largest absolute Gasteiger partial charge is 0.490 e. The van der Waals surface area contributed by atoms with Crippen LogP contribution < -0.4 is 19.5 Å². The summed E-state index contributed by atoms with van der Waals surface area (Å²) in [4.78, 5) is 14.8. The van der Waals surface area contributed by atoms with Crippen LogP contribution in [0.25, 0.3) is 0 Å². The molecule has 0 saturated carbocycles. The molecular formula is C21H30N2O5. The van der Waals surface area contributed by atoms with Crippen LogP contribution in [0.1, 0.15) is 42.9 Å². The first-order valence-electron chi connectivity index (χ1n) is 9.56. The molecule has 0 aliphatic rings. The number of nitrogens with one attached hydrogen (secondary N) is 1. The zero-order valence-electron chi connectivity index (χ0n) is 17.3. The summed E-state index contributed by atoms with van der Waals surface area (Å²) in [5.74, 6) is 2.08. The average Bonchev–Trinajstić information content (AvgIpc) is 3.18. The van der Waals surface area contributed by atoms with Crippen LogP contribution in [0.3, 0.4) is 0 Å². The number of amides is 1. The Morgan fingerprint density at radius 3 is 2.14 bits per heavy atom. The molecule has 1 unspecified atom stereocenters. The van der Waals surface area contributed by atoms with Gasteiger partial charge < -0.3 is 23.9 Å². The minimum atomic E-state index is -0.219. The van der Waals surface area contributed by atoms with Gasteiger partial charge in [0.15, 0.2) is 11.5 Å². The Morgan fingerprint density at radius 2 is 1.68 bits per heavy atom. The van der Waals surface area contributed by atoms with E-state index in [1.165, 1.54) is 0 Å². The van der Waals surface area contributed by atoms with Gasteiger partial charge in [0.05, 0.1) is 32.1 Å². The molecule has 2 rings (SSSR count). The topological polar surface area (TPSA) is 73.2 Å². The number of carbonyl (C=O) groups excluding carboxylic acids is 1. The predicted molar refractivity (Wildman–Crippen MR) is 107 cm³/mol. The van der Waals surface area contributed by atoms with Crippen molar-refractivity contribution in [3.05, 3.63) is 41.9 Å². The highest BCUT2D eigenvalue weighted by atomic mass is 16.5. The lowest BCUT2D eigenvalue weighted by atomic mass is 10.1. The molecule has 0 bridgehead atoms. The highest BCUT2D eigenvalue weighted by molar-refractivity contribution is 5.95. The summed E-state index contributed by atoms with van der Waals surface area (Å²) in [7, 11) is 3.88. The molecule has 7 nitrogen and oxygen atoms in total. The SMILES string of the molecule is CCOc1cc(C(=O)NCC(c2ccco2)N(C)C)cc(OCC)c1OCC. The second-order valence-electron chi connectivity index (χ2n) is 6.31. The van der Waals surface area contributed by atoms with E-state index in [0.29, 0.717) is 49.2 Å². The van der Waals surface area contributed by atoms with Gasteiger partial charge in [-0.1, -0.05) is 0 Å². The van der Waals surface area contributed by atoms with Gasteiger partial charge in [0.1, 0.15) is 5.76 Å². The van der Waals surface area contributed by atoms with Gasteiger partial charge in [0.2, 0.25) is 5.75 Å². The standard InChI is InChI=1S/C21H30N2O5/c1-6-25-18-12-15(13-19(26-7-2)20(18)27-8-3)21(24)22-14-16(23(4)5)17-10-9-11-28-17/h9-13,16H,6-8,14H2,1-5H3,(H,22,24). The first-order chi connectivity index (χ1) is 13.5. The number of hydrogen-bond donors (Lipinski definition) is 1. The Hall–Kier alpha value is -2.67. The van der Waals surface area contributed by atoms with Gasteiger partial charge in [-0.3, -0.25) is 9.69 Å². The van der Waals surface area contributed by atoms with E-state index in [4.69, 9.17) is 18.6 Å². The molecule has 0 aliphatic carbocycles. The molecule has 1 atom stereocenters. The van der Waals surface area contributed by atoms with E-state index in [0.717, 1.165) is 5.76 Å². The molecule has 1 aromatic heterocycles. The number of carbonyl (C=O) groups is 1. The number of nitrogens with zero attached hydrogens (tertiary/aromatic N) is 1. The maximum atomic E-state index is 12.8. The highest BCUT2D eigenvalue weighted by Gasteiger charge is 2.21. The maximum absolute atomic E-state index is 12.8. The van der Waals surface area contributed by atoms with Crippen LogP contribution in [-0.4, -0.2) is 51.3 Å². The van der Waals surface area contributed by atoms with Gasteiger partial charge in [0, 0.05) is 12.1 Å². The lowest BCUT2D eigenvalue weighted by Crippen LogP contribution is -2.34. The van der Waals surface area contributed by atoms with Gasteiger partial charge in [-0.05, 0) is 59.1 Å². The van der Waals surface area contributed by atoms with Gasteiger partial charge in [0.25, 0.3) is 5.91 Å². The molecule has 0 saturated heterocycles. The van der Waals surface area contributed by atoms with Gasteiger partial charge in [-0.25, -0.2) is 0 Å². The van der Waals surface area contributed by atoms with Crippen molar-refractivity contribution in [2.45, 2.75) is 26.8 Å². The van der Waals surface area contributed by atoms with Gasteiger partial charge >= 0.3 is 0 Å². The summed E-state index contributed by atoms with van der Waals surface area (Å²) < 4.78 is 22.5. The van der Waals surface area contributed by atoms with Crippen LogP contribution >= 0.6 is 0 Å². The van der Waals surface area contributed by atoms with Crippen LogP contribution in [0.5, 0.6) is 17.2 Å². The zero-order valence-corrected chi connectivity index (χ0v) is 17.3. The monoisotopic (exact) mass is 390 g/mol. The predicted octanol–water partition coefficient (Wildman–Crippen LogP) is 3.51. The third-order valence-electron chi connectivity index (χ3n) is 4.12. The fraction of sp³-hybridized carbons (Fsp3) is 0.476. The molecule has 1 aromatic carbocycles. The normalized spacial score (nSPS) is 11.9. The van der Waals surface area contributed by atoms with E-state index in [2.05, 4.69) is 5.32 Å². The number of benzene rings is 1. The van der Waals surface area contributed by atoms with Gasteiger partial charge in [-0.15, -0.1) is 0 Å². The second kappa shape index (κ2) is 10.6. The summed E-state index contributed by atoms with van der Waals surface area (Å²) in [5.41, 5.74) is 0.451. The van der Waals surface area contributed by atoms with Crippen molar-refractivity contribution in [2.75, 3.05) is 40.5 Å². The van der Waals surface area contributed by atoms with E-state index in [1.807, 2.05) is 51.9 Å². The van der Waals surface area contributed by atoms with E-state index in [1.54, 1.807) is 18.4 Å². The van der Waals surface area contributed by atoms with Crippen LogP contribution in [-0.2, 0) is 0 Å². The molecular weight excluding hydrogens is 360 g/mol. The lowest BCUT2D eigenvalue weighted by Gasteiger charge is -2.23. The van der Waals surface area contributed by atoms with Crippen molar-refractivity contribution in [3.8, 4) is 17.2 Å². The van der Waals surface area contributed by atoms with Crippen LogP contribution in [0.15, 0.2) is 34.9 Å². The van der Waals surface area contributed by atoms with E-state index >= 15 is 0 Å². The molecule has 2 aromatic rings. The molecule has 0 radical (unpaired) electrons. The summed E-state index contributed by atoms with van der Waals surface area (Å²) >= 11 is 0.